The monoisotopic (exact) mass is 424 g/mol. The SMILES string of the molecule is Cc1ccc(S(=O)(=O)Oc2cscc2OS(=O)(=O)c2ccc(C)cc2)cc1. The molecule has 0 N–H and O–H groups in total. The van der Waals surface area contributed by atoms with Crippen LogP contribution in [0.3, 0.4) is 0 Å². The van der Waals surface area contributed by atoms with Crippen molar-refractivity contribution in [2.75, 3.05) is 0 Å². The molecular weight excluding hydrogens is 408 g/mol. The van der Waals surface area contributed by atoms with Gasteiger partial charge in [0.25, 0.3) is 0 Å². The van der Waals surface area contributed by atoms with Crippen molar-refractivity contribution < 1.29 is 25.2 Å². The average molecular weight is 425 g/mol. The molecule has 0 atom stereocenters. The van der Waals surface area contributed by atoms with Crippen molar-refractivity contribution in [3.63, 3.8) is 0 Å². The molecule has 0 bridgehead atoms. The van der Waals surface area contributed by atoms with E-state index in [9.17, 15) is 16.8 Å². The second-order valence-electron chi connectivity index (χ2n) is 5.80. The van der Waals surface area contributed by atoms with E-state index in [0.29, 0.717) is 0 Å². The molecule has 0 saturated carbocycles. The van der Waals surface area contributed by atoms with Gasteiger partial charge in [-0.15, -0.1) is 11.3 Å². The van der Waals surface area contributed by atoms with Crippen molar-refractivity contribution in [3.8, 4) is 11.5 Å². The molecule has 0 unspecified atom stereocenters. The van der Waals surface area contributed by atoms with E-state index < -0.39 is 20.2 Å². The Morgan fingerprint density at radius 2 is 0.963 bits per heavy atom. The first-order valence-electron chi connectivity index (χ1n) is 7.76. The molecule has 0 aliphatic carbocycles. The number of hydrogen-bond donors (Lipinski definition) is 0. The standard InChI is InChI=1S/C18H16O6S3/c1-13-3-7-15(8-4-13)26(19,20)23-17-11-25-12-18(17)24-27(21,22)16-9-5-14(2)6-10-16/h3-12H,1-2H3. The Morgan fingerprint density at radius 3 is 1.30 bits per heavy atom. The van der Waals surface area contributed by atoms with Crippen molar-refractivity contribution in [1.29, 1.82) is 0 Å². The molecule has 0 saturated heterocycles. The van der Waals surface area contributed by atoms with Gasteiger partial charge in [-0.3, -0.25) is 0 Å². The number of thiophene rings is 1. The first-order valence-corrected chi connectivity index (χ1v) is 11.5. The lowest BCUT2D eigenvalue weighted by atomic mass is 10.2. The molecule has 3 aromatic rings. The molecule has 0 aliphatic heterocycles. The van der Waals surface area contributed by atoms with Gasteiger partial charge in [0.2, 0.25) is 0 Å². The molecule has 6 nitrogen and oxygen atoms in total. The molecule has 1 heterocycles. The van der Waals surface area contributed by atoms with E-state index >= 15 is 0 Å². The van der Waals surface area contributed by atoms with E-state index in [1.54, 1.807) is 24.3 Å². The van der Waals surface area contributed by atoms with Gasteiger partial charge in [0.1, 0.15) is 9.79 Å². The highest BCUT2D eigenvalue weighted by Crippen LogP contribution is 2.35. The first kappa shape index (κ1) is 19.4. The van der Waals surface area contributed by atoms with Crippen LogP contribution in [0, 0.1) is 13.8 Å². The summed E-state index contributed by atoms with van der Waals surface area (Å²) in [5, 5.41) is 2.73. The largest absolute Gasteiger partial charge is 0.374 e. The maximum atomic E-state index is 12.4. The molecule has 142 valence electrons. The maximum absolute atomic E-state index is 12.4. The third-order valence-corrected chi connectivity index (χ3v) is 6.81. The predicted molar refractivity (Wildman–Crippen MR) is 102 cm³/mol. The Kier molecular flexibility index (Phi) is 5.27. The molecule has 0 spiro atoms. The summed E-state index contributed by atoms with van der Waals surface area (Å²) in [6.45, 7) is 3.66. The van der Waals surface area contributed by atoms with Crippen molar-refractivity contribution in [2.24, 2.45) is 0 Å². The van der Waals surface area contributed by atoms with Gasteiger partial charge >= 0.3 is 20.2 Å². The zero-order valence-electron chi connectivity index (χ0n) is 14.4. The maximum Gasteiger partial charge on any atom is 0.339 e. The van der Waals surface area contributed by atoms with E-state index in [2.05, 4.69) is 0 Å². The highest BCUT2D eigenvalue weighted by molar-refractivity contribution is 7.87. The Hall–Kier alpha value is -2.36. The third kappa shape index (κ3) is 4.49. The van der Waals surface area contributed by atoms with Gasteiger partial charge in [-0.25, -0.2) is 0 Å². The van der Waals surface area contributed by atoms with Crippen molar-refractivity contribution in [1.82, 2.24) is 0 Å². The van der Waals surface area contributed by atoms with E-state index in [1.807, 2.05) is 13.8 Å². The summed E-state index contributed by atoms with van der Waals surface area (Å²) in [5.74, 6) is -0.368. The third-order valence-electron chi connectivity index (χ3n) is 3.61. The van der Waals surface area contributed by atoms with E-state index in [0.717, 1.165) is 22.5 Å². The van der Waals surface area contributed by atoms with E-state index in [1.165, 1.54) is 35.0 Å². The van der Waals surface area contributed by atoms with Crippen molar-refractivity contribution in [3.05, 3.63) is 70.4 Å². The van der Waals surface area contributed by atoms with Crippen LogP contribution in [0.5, 0.6) is 11.5 Å². The quantitative estimate of drug-likeness (QED) is 0.558. The van der Waals surface area contributed by atoms with Gasteiger partial charge in [0.15, 0.2) is 11.5 Å². The summed E-state index contributed by atoms with van der Waals surface area (Å²) in [7, 11) is -8.23. The topological polar surface area (TPSA) is 86.7 Å². The summed E-state index contributed by atoms with van der Waals surface area (Å²) in [5.41, 5.74) is 1.80. The predicted octanol–water partition coefficient (Wildman–Crippen LogP) is 3.90. The van der Waals surface area contributed by atoms with Gasteiger partial charge in [0, 0.05) is 10.8 Å². The molecule has 9 heteroatoms. The Bertz CT molecular complexity index is 1050. The van der Waals surface area contributed by atoms with Crippen LogP contribution in [0.15, 0.2) is 69.1 Å². The lowest BCUT2D eigenvalue weighted by molar-refractivity contribution is 0.451. The van der Waals surface area contributed by atoms with Crippen LogP contribution in [0.1, 0.15) is 11.1 Å². The lowest BCUT2D eigenvalue weighted by Gasteiger charge is -2.10. The summed E-state index contributed by atoms with van der Waals surface area (Å²) in [4.78, 5) is -0.0710. The van der Waals surface area contributed by atoms with Crippen LogP contribution in [0.2, 0.25) is 0 Å². The molecule has 0 amide bonds. The van der Waals surface area contributed by atoms with Crippen LogP contribution < -0.4 is 8.37 Å². The average Bonchev–Trinajstić information content (AvgIpc) is 3.01. The van der Waals surface area contributed by atoms with Crippen LogP contribution in [-0.4, -0.2) is 16.8 Å². The Balaban J connectivity index is 1.86. The van der Waals surface area contributed by atoms with Crippen LogP contribution in [-0.2, 0) is 20.2 Å². The van der Waals surface area contributed by atoms with Crippen LogP contribution in [0.4, 0.5) is 0 Å². The number of benzene rings is 2. The second kappa shape index (κ2) is 7.34. The van der Waals surface area contributed by atoms with Gasteiger partial charge in [-0.1, -0.05) is 35.4 Å². The molecular formula is C18H16O6S3. The number of rotatable bonds is 6. The fourth-order valence-corrected chi connectivity index (χ4v) is 4.77. The number of aryl methyl sites for hydroxylation is 2. The van der Waals surface area contributed by atoms with E-state index in [-0.39, 0.29) is 21.3 Å². The van der Waals surface area contributed by atoms with Crippen LogP contribution in [0.25, 0.3) is 0 Å². The highest BCUT2D eigenvalue weighted by Gasteiger charge is 2.24. The minimum atomic E-state index is -4.12. The summed E-state index contributed by atoms with van der Waals surface area (Å²) in [6, 6.07) is 12.2. The van der Waals surface area contributed by atoms with Gasteiger partial charge in [0.05, 0.1) is 0 Å². The normalized spacial score (nSPS) is 11.9. The van der Waals surface area contributed by atoms with Crippen molar-refractivity contribution >= 4 is 31.6 Å². The molecule has 0 fully saturated rings. The minimum absolute atomic E-state index is 0.0355. The fraction of sp³-hybridized carbons (Fsp3) is 0.111. The number of hydrogen-bond acceptors (Lipinski definition) is 7. The molecule has 27 heavy (non-hydrogen) atoms. The Morgan fingerprint density at radius 1 is 0.630 bits per heavy atom. The Labute approximate surface area is 162 Å². The first-order chi connectivity index (χ1) is 12.7. The van der Waals surface area contributed by atoms with Gasteiger partial charge in [-0.05, 0) is 38.1 Å². The van der Waals surface area contributed by atoms with Gasteiger partial charge in [-0.2, -0.15) is 16.8 Å². The molecule has 0 aliphatic rings. The smallest absolute Gasteiger partial charge is 0.339 e. The zero-order valence-corrected chi connectivity index (χ0v) is 16.9. The molecule has 2 aromatic carbocycles. The highest BCUT2D eigenvalue weighted by atomic mass is 32.2. The van der Waals surface area contributed by atoms with E-state index in [4.69, 9.17) is 8.37 Å². The molecule has 3 rings (SSSR count). The molecule has 1 aromatic heterocycles. The summed E-state index contributed by atoms with van der Waals surface area (Å²) >= 11 is 1.06. The van der Waals surface area contributed by atoms with Gasteiger partial charge < -0.3 is 8.37 Å². The summed E-state index contributed by atoms with van der Waals surface area (Å²) < 4.78 is 59.8. The minimum Gasteiger partial charge on any atom is -0.374 e. The van der Waals surface area contributed by atoms with Crippen LogP contribution >= 0.6 is 11.3 Å². The second-order valence-corrected chi connectivity index (χ2v) is 9.64. The zero-order chi connectivity index (χ0) is 19.7. The summed E-state index contributed by atoms with van der Waals surface area (Å²) in [6.07, 6.45) is 0. The van der Waals surface area contributed by atoms with Crippen molar-refractivity contribution in [2.45, 2.75) is 23.6 Å². The lowest BCUT2D eigenvalue weighted by Crippen LogP contribution is -2.12. The molecule has 0 radical (unpaired) electrons. The fourth-order valence-electron chi connectivity index (χ4n) is 2.14.